The molecule has 0 N–H and O–H groups in total. The van der Waals surface area contributed by atoms with Gasteiger partial charge in [-0.2, -0.15) is 0 Å². The van der Waals surface area contributed by atoms with Crippen molar-refractivity contribution in [1.29, 1.82) is 0 Å². The van der Waals surface area contributed by atoms with Crippen molar-refractivity contribution in [2.45, 2.75) is 31.6 Å². The molecule has 53 valence electrons. The number of hydrogen-bond acceptors (Lipinski definition) is 2. The quantitative estimate of drug-likeness (QED) is 0.590. The molecule has 9 heavy (non-hydrogen) atoms. The van der Waals surface area contributed by atoms with Crippen LogP contribution in [0.25, 0.3) is 0 Å². The molecule has 1 saturated heterocycles. The van der Waals surface area contributed by atoms with Gasteiger partial charge in [-0.3, -0.25) is 0 Å². The minimum absolute atomic E-state index is 0.462. The van der Waals surface area contributed by atoms with E-state index in [1.165, 1.54) is 19.3 Å². The molecule has 0 aromatic heterocycles. The summed E-state index contributed by atoms with van der Waals surface area (Å²) < 4.78 is 5.45. The molecule has 0 amide bonds. The Hall–Kier alpha value is 0.310. The lowest BCUT2D eigenvalue weighted by molar-refractivity contribution is 0.0731. The lowest BCUT2D eigenvalue weighted by Gasteiger charge is -2.20. The van der Waals surface area contributed by atoms with Crippen LogP contribution in [0.15, 0.2) is 0 Å². The van der Waals surface area contributed by atoms with E-state index in [0.717, 1.165) is 6.61 Å². The summed E-state index contributed by atoms with van der Waals surface area (Å²) in [6, 6.07) is 0. The Morgan fingerprint density at radius 1 is 1.56 bits per heavy atom. The fourth-order valence-corrected chi connectivity index (χ4v) is 1.75. The van der Waals surface area contributed by atoms with Gasteiger partial charge in [-0.1, -0.05) is 6.92 Å². The van der Waals surface area contributed by atoms with Crippen molar-refractivity contribution in [2.24, 2.45) is 0 Å². The molecule has 1 atom stereocenters. The summed E-state index contributed by atoms with van der Waals surface area (Å²) in [7, 11) is 0. The largest absolute Gasteiger partial charge is 0.368 e. The van der Waals surface area contributed by atoms with Gasteiger partial charge in [0.1, 0.15) is 5.44 Å². The zero-order valence-electron chi connectivity index (χ0n) is 5.80. The molecule has 2 heteroatoms. The number of rotatable bonds is 2. The van der Waals surface area contributed by atoms with Crippen LogP contribution in [0.2, 0.25) is 0 Å². The van der Waals surface area contributed by atoms with Crippen molar-refractivity contribution >= 4 is 11.8 Å². The Balaban J connectivity index is 2.08. The zero-order chi connectivity index (χ0) is 6.53. The van der Waals surface area contributed by atoms with Gasteiger partial charge in [-0.25, -0.2) is 0 Å². The molecule has 0 saturated carbocycles. The van der Waals surface area contributed by atoms with Crippen LogP contribution in [0.5, 0.6) is 0 Å². The lowest BCUT2D eigenvalue weighted by Crippen LogP contribution is -2.14. The fraction of sp³-hybridized carbons (Fsp3) is 0.857. The van der Waals surface area contributed by atoms with Gasteiger partial charge < -0.3 is 4.74 Å². The highest BCUT2D eigenvalue weighted by Crippen LogP contribution is 2.24. The molecular formula is C7H13OS. The van der Waals surface area contributed by atoms with Crippen molar-refractivity contribution in [3.8, 4) is 0 Å². The molecule has 1 aliphatic heterocycles. The van der Waals surface area contributed by atoms with Crippen LogP contribution in [-0.4, -0.2) is 12.0 Å². The smallest absolute Gasteiger partial charge is 0.103 e. The molecule has 1 radical (unpaired) electrons. The minimum atomic E-state index is 0.462. The minimum Gasteiger partial charge on any atom is -0.368 e. The van der Waals surface area contributed by atoms with Crippen LogP contribution >= 0.6 is 11.8 Å². The van der Waals surface area contributed by atoms with Crippen molar-refractivity contribution in [1.82, 2.24) is 0 Å². The van der Waals surface area contributed by atoms with E-state index in [4.69, 9.17) is 4.74 Å². The summed E-state index contributed by atoms with van der Waals surface area (Å²) in [5.41, 5.74) is 0.462. The predicted molar refractivity (Wildman–Crippen MR) is 41.2 cm³/mol. The van der Waals surface area contributed by atoms with Crippen LogP contribution in [0.1, 0.15) is 26.2 Å². The van der Waals surface area contributed by atoms with Crippen LogP contribution in [0.4, 0.5) is 0 Å². The normalized spacial score (nSPS) is 28.3. The zero-order valence-corrected chi connectivity index (χ0v) is 6.62. The monoisotopic (exact) mass is 145 g/mol. The van der Waals surface area contributed by atoms with E-state index in [1.807, 2.05) is 0 Å². The topological polar surface area (TPSA) is 9.23 Å². The Kier molecular flexibility index (Phi) is 3.44. The standard InChI is InChI=1S/C7H13OS/c1-2-9-7-5-3-4-6-8-7/h2,7H,3-6H2,1H3. The number of thioether (sulfide) groups is 1. The van der Waals surface area contributed by atoms with Gasteiger partial charge >= 0.3 is 0 Å². The van der Waals surface area contributed by atoms with E-state index in [9.17, 15) is 0 Å². The maximum absolute atomic E-state index is 5.45. The first-order chi connectivity index (χ1) is 4.43. The van der Waals surface area contributed by atoms with Gasteiger partial charge in [0.25, 0.3) is 0 Å². The molecule has 0 aromatic carbocycles. The highest BCUT2D eigenvalue weighted by atomic mass is 32.2. The molecule has 0 spiro atoms. The fourth-order valence-electron chi connectivity index (χ4n) is 0.970. The SMILES string of the molecule is C[CH]SC1CCCCO1. The van der Waals surface area contributed by atoms with E-state index < -0.39 is 0 Å². The molecular weight excluding hydrogens is 132 g/mol. The van der Waals surface area contributed by atoms with Gasteiger partial charge in [0.15, 0.2) is 0 Å². The van der Waals surface area contributed by atoms with Crippen molar-refractivity contribution in [3.05, 3.63) is 5.75 Å². The third kappa shape index (κ3) is 2.59. The van der Waals surface area contributed by atoms with E-state index in [1.54, 1.807) is 11.8 Å². The Labute approximate surface area is 61.2 Å². The maximum Gasteiger partial charge on any atom is 0.103 e. The van der Waals surface area contributed by atoms with E-state index in [0.29, 0.717) is 5.44 Å². The summed E-state index contributed by atoms with van der Waals surface area (Å²) in [4.78, 5) is 0. The molecule has 0 aromatic rings. The molecule has 1 rings (SSSR count). The van der Waals surface area contributed by atoms with Gasteiger partial charge in [-0.15, -0.1) is 11.8 Å². The average molecular weight is 145 g/mol. The average Bonchev–Trinajstić information content (AvgIpc) is 1.91. The predicted octanol–water partition coefficient (Wildman–Crippen LogP) is 2.43. The van der Waals surface area contributed by atoms with E-state index >= 15 is 0 Å². The molecule has 1 nitrogen and oxygen atoms in total. The summed E-state index contributed by atoms with van der Waals surface area (Å²) in [5, 5.41) is 0. The van der Waals surface area contributed by atoms with Crippen molar-refractivity contribution in [3.63, 3.8) is 0 Å². The summed E-state index contributed by atoms with van der Waals surface area (Å²) in [6.07, 6.45) is 3.82. The van der Waals surface area contributed by atoms with E-state index in [-0.39, 0.29) is 0 Å². The lowest BCUT2D eigenvalue weighted by atomic mass is 10.2. The van der Waals surface area contributed by atoms with Crippen molar-refractivity contribution < 1.29 is 4.74 Å². The Morgan fingerprint density at radius 2 is 2.44 bits per heavy atom. The molecule has 0 bridgehead atoms. The first kappa shape index (κ1) is 7.42. The second-order valence-corrected chi connectivity index (χ2v) is 3.44. The van der Waals surface area contributed by atoms with Crippen LogP contribution in [0, 0.1) is 5.75 Å². The van der Waals surface area contributed by atoms with Gasteiger partial charge in [0.2, 0.25) is 0 Å². The second kappa shape index (κ2) is 4.18. The first-order valence-electron chi connectivity index (χ1n) is 3.48. The first-order valence-corrected chi connectivity index (χ1v) is 4.42. The van der Waals surface area contributed by atoms with Gasteiger partial charge in [0.05, 0.1) is 0 Å². The van der Waals surface area contributed by atoms with Crippen LogP contribution in [0.3, 0.4) is 0 Å². The second-order valence-electron chi connectivity index (χ2n) is 2.17. The highest BCUT2D eigenvalue weighted by molar-refractivity contribution is 8.01. The number of ether oxygens (including phenoxy) is 1. The Morgan fingerprint density at radius 3 is 3.00 bits per heavy atom. The third-order valence-corrected chi connectivity index (χ3v) is 2.37. The third-order valence-electron chi connectivity index (χ3n) is 1.43. The summed E-state index contributed by atoms with van der Waals surface area (Å²) >= 11 is 1.80. The molecule has 0 aliphatic carbocycles. The molecule has 1 fully saturated rings. The van der Waals surface area contributed by atoms with Gasteiger partial charge in [-0.05, 0) is 19.3 Å². The van der Waals surface area contributed by atoms with Crippen LogP contribution in [-0.2, 0) is 4.74 Å². The highest BCUT2D eigenvalue weighted by Gasteiger charge is 2.11. The van der Waals surface area contributed by atoms with Crippen molar-refractivity contribution in [2.75, 3.05) is 6.61 Å². The summed E-state index contributed by atoms with van der Waals surface area (Å²) in [6.45, 7) is 3.02. The number of hydrogen-bond donors (Lipinski definition) is 0. The molecule has 1 heterocycles. The van der Waals surface area contributed by atoms with E-state index in [2.05, 4.69) is 12.7 Å². The maximum atomic E-state index is 5.45. The van der Waals surface area contributed by atoms with Gasteiger partial charge in [0, 0.05) is 12.4 Å². The Bertz CT molecular complexity index is 66.6. The molecule has 1 unspecified atom stereocenters. The van der Waals surface area contributed by atoms with Crippen LogP contribution < -0.4 is 0 Å². The summed E-state index contributed by atoms with van der Waals surface area (Å²) in [5.74, 6) is 2.11. The molecule has 1 aliphatic rings.